The number of para-hydroxylation sites is 1. The number of esters is 2. The normalized spacial score (nSPS) is 10.9. The van der Waals surface area contributed by atoms with Crippen molar-refractivity contribution in [1.29, 1.82) is 0 Å². The lowest BCUT2D eigenvalue weighted by Crippen LogP contribution is -2.16. The minimum absolute atomic E-state index is 0.0961. The Labute approximate surface area is 178 Å². The molecule has 0 fully saturated rings. The fourth-order valence-corrected chi connectivity index (χ4v) is 2.85. The maximum Gasteiger partial charge on any atom is 0.383 e. The van der Waals surface area contributed by atoms with Crippen molar-refractivity contribution in [3.05, 3.63) is 76.7 Å². The van der Waals surface area contributed by atoms with Crippen LogP contribution in [0.15, 0.2) is 69.9 Å². The molecule has 0 aliphatic rings. The van der Waals surface area contributed by atoms with Gasteiger partial charge in [0.1, 0.15) is 0 Å². The van der Waals surface area contributed by atoms with Crippen molar-refractivity contribution in [3.63, 3.8) is 0 Å². The second-order valence-electron chi connectivity index (χ2n) is 6.55. The lowest BCUT2D eigenvalue weighted by molar-refractivity contribution is -0.132. The first-order chi connectivity index (χ1) is 15.0. The molecular formula is C24H22O7. The number of ether oxygens (including phenoxy) is 3. The van der Waals surface area contributed by atoms with Crippen LogP contribution in [0.3, 0.4) is 0 Å². The van der Waals surface area contributed by atoms with Gasteiger partial charge in [-0.15, -0.1) is 0 Å². The summed E-state index contributed by atoms with van der Waals surface area (Å²) in [6, 6.07) is 13.1. The van der Waals surface area contributed by atoms with Crippen LogP contribution < -0.4 is 19.8 Å². The maximum atomic E-state index is 12.6. The van der Waals surface area contributed by atoms with Crippen LogP contribution in [0.2, 0.25) is 0 Å². The summed E-state index contributed by atoms with van der Waals surface area (Å²) < 4.78 is 21.6. The molecule has 2 aromatic carbocycles. The summed E-state index contributed by atoms with van der Waals surface area (Å²) in [4.78, 5) is 36.7. The van der Waals surface area contributed by atoms with Gasteiger partial charge in [0, 0.05) is 6.92 Å². The van der Waals surface area contributed by atoms with Gasteiger partial charge in [-0.2, -0.15) is 0 Å². The van der Waals surface area contributed by atoms with Gasteiger partial charge in [-0.1, -0.05) is 43.3 Å². The van der Waals surface area contributed by atoms with Crippen LogP contribution in [-0.4, -0.2) is 18.5 Å². The molecule has 3 aromatic rings. The Morgan fingerprint density at radius 1 is 0.968 bits per heavy atom. The summed E-state index contributed by atoms with van der Waals surface area (Å²) in [5, 5.41) is 0.265. The molecule has 1 heterocycles. The monoisotopic (exact) mass is 422 g/mol. The van der Waals surface area contributed by atoms with Crippen LogP contribution in [0.1, 0.15) is 37.0 Å². The third kappa shape index (κ3) is 5.39. The highest BCUT2D eigenvalue weighted by atomic mass is 16.6. The fraction of sp³-hybridized carbons (Fsp3) is 0.208. The molecule has 3 rings (SSSR count). The molecular weight excluding hydrogens is 400 g/mol. The van der Waals surface area contributed by atoms with Gasteiger partial charge in [0.25, 0.3) is 5.75 Å². The number of hydrogen-bond acceptors (Lipinski definition) is 7. The van der Waals surface area contributed by atoms with Gasteiger partial charge in [-0.25, -0.2) is 9.59 Å². The molecule has 0 amide bonds. The maximum absolute atomic E-state index is 12.6. The molecule has 0 unspecified atom stereocenters. The van der Waals surface area contributed by atoms with E-state index in [1.54, 1.807) is 48.5 Å². The summed E-state index contributed by atoms with van der Waals surface area (Å²) in [6.45, 7) is 3.54. The molecule has 160 valence electrons. The predicted molar refractivity (Wildman–Crippen MR) is 115 cm³/mol. The zero-order valence-corrected chi connectivity index (χ0v) is 17.3. The van der Waals surface area contributed by atoms with Gasteiger partial charge in [-0.05, 0) is 37.1 Å². The molecule has 0 radical (unpaired) electrons. The minimum atomic E-state index is -0.958. The van der Waals surface area contributed by atoms with Crippen molar-refractivity contribution in [1.82, 2.24) is 0 Å². The number of rotatable bonds is 8. The van der Waals surface area contributed by atoms with Crippen molar-refractivity contribution >= 4 is 22.9 Å². The van der Waals surface area contributed by atoms with Crippen molar-refractivity contribution in [2.45, 2.75) is 26.7 Å². The zero-order valence-electron chi connectivity index (χ0n) is 17.3. The Morgan fingerprint density at radius 2 is 1.74 bits per heavy atom. The molecule has 0 aliphatic heterocycles. The summed E-state index contributed by atoms with van der Waals surface area (Å²) in [7, 11) is 0. The van der Waals surface area contributed by atoms with Gasteiger partial charge in [0.2, 0.25) is 0 Å². The van der Waals surface area contributed by atoms with E-state index in [0.29, 0.717) is 18.8 Å². The number of carbonyl (C=O) groups is 2. The molecule has 0 saturated heterocycles. The highest BCUT2D eigenvalue weighted by molar-refractivity contribution is 5.97. The van der Waals surface area contributed by atoms with Crippen LogP contribution in [0, 0.1) is 0 Å². The number of hydrogen-bond donors (Lipinski definition) is 0. The molecule has 7 heteroatoms. The second kappa shape index (κ2) is 10.2. The quantitative estimate of drug-likeness (QED) is 0.225. The minimum Gasteiger partial charge on any atom is -0.489 e. The van der Waals surface area contributed by atoms with E-state index in [9.17, 15) is 14.4 Å². The number of carbonyl (C=O) groups excluding carboxylic acids is 2. The summed E-state index contributed by atoms with van der Waals surface area (Å²) in [5.74, 6) is -1.85. The standard InChI is InChI=1S/C24H22O7/c1-3-4-5-9-15-28-19-14-10-13-18-20(19)30-24(27)22(29-16(2)25)21(18)31-23(26)17-11-7-6-8-12-17/h4-8,10-14H,3,9,15H2,1-2H3/b5-4+. The summed E-state index contributed by atoms with van der Waals surface area (Å²) in [5.41, 5.74) is -0.591. The van der Waals surface area contributed by atoms with Crippen molar-refractivity contribution in [2.24, 2.45) is 0 Å². The highest BCUT2D eigenvalue weighted by Gasteiger charge is 2.24. The molecule has 0 bridgehead atoms. The van der Waals surface area contributed by atoms with Crippen molar-refractivity contribution in [3.8, 4) is 17.2 Å². The third-order valence-corrected chi connectivity index (χ3v) is 4.20. The Bertz CT molecular complexity index is 1160. The Balaban J connectivity index is 2.05. The van der Waals surface area contributed by atoms with Crippen molar-refractivity contribution < 1.29 is 28.2 Å². The first kappa shape index (κ1) is 21.8. The second-order valence-corrected chi connectivity index (χ2v) is 6.55. The lowest BCUT2D eigenvalue weighted by Gasteiger charge is -2.13. The fourth-order valence-electron chi connectivity index (χ4n) is 2.85. The third-order valence-electron chi connectivity index (χ3n) is 4.20. The van der Waals surface area contributed by atoms with Gasteiger partial charge in [-0.3, -0.25) is 4.79 Å². The van der Waals surface area contributed by atoms with E-state index >= 15 is 0 Å². The highest BCUT2D eigenvalue weighted by Crippen LogP contribution is 2.37. The van der Waals surface area contributed by atoms with Crippen molar-refractivity contribution in [2.75, 3.05) is 6.61 Å². The van der Waals surface area contributed by atoms with Gasteiger partial charge < -0.3 is 18.6 Å². The smallest absolute Gasteiger partial charge is 0.383 e. The van der Waals surface area contributed by atoms with E-state index in [4.69, 9.17) is 18.6 Å². The van der Waals surface area contributed by atoms with E-state index < -0.39 is 23.3 Å². The predicted octanol–water partition coefficient (Wildman–Crippen LogP) is 4.67. The van der Waals surface area contributed by atoms with Crippen LogP contribution in [0.25, 0.3) is 11.0 Å². The number of allylic oxidation sites excluding steroid dienone is 1. The summed E-state index contributed by atoms with van der Waals surface area (Å²) in [6.07, 6.45) is 5.63. The molecule has 31 heavy (non-hydrogen) atoms. The Morgan fingerprint density at radius 3 is 2.45 bits per heavy atom. The van der Waals surface area contributed by atoms with Crippen LogP contribution in [-0.2, 0) is 4.79 Å². The molecule has 0 spiro atoms. The topological polar surface area (TPSA) is 92.0 Å². The van der Waals surface area contributed by atoms with Gasteiger partial charge >= 0.3 is 17.6 Å². The molecule has 0 saturated carbocycles. The van der Waals surface area contributed by atoms with E-state index in [0.717, 1.165) is 13.3 Å². The first-order valence-corrected chi connectivity index (χ1v) is 9.84. The molecule has 0 N–H and O–H groups in total. The Hall–Kier alpha value is -3.87. The SMILES string of the molecule is CC/C=C/CCOc1cccc2c(OC(=O)c3ccccc3)c(OC(C)=O)c(=O)oc12. The average Bonchev–Trinajstić information content (AvgIpc) is 2.76. The number of benzene rings is 2. The molecule has 0 aliphatic carbocycles. The Kier molecular flexibility index (Phi) is 7.22. The molecule has 0 atom stereocenters. The lowest BCUT2D eigenvalue weighted by atomic mass is 10.2. The van der Waals surface area contributed by atoms with Gasteiger partial charge in [0.15, 0.2) is 17.1 Å². The zero-order chi connectivity index (χ0) is 22.2. The van der Waals surface area contributed by atoms with Crippen LogP contribution in [0.5, 0.6) is 17.2 Å². The molecule has 7 nitrogen and oxygen atoms in total. The first-order valence-electron chi connectivity index (χ1n) is 9.84. The average molecular weight is 422 g/mol. The molecule has 1 aromatic heterocycles. The van der Waals surface area contributed by atoms with Crippen LogP contribution >= 0.6 is 0 Å². The largest absolute Gasteiger partial charge is 0.489 e. The number of fused-ring (bicyclic) bond motifs is 1. The summed E-state index contributed by atoms with van der Waals surface area (Å²) >= 11 is 0. The van der Waals surface area contributed by atoms with Gasteiger partial charge in [0.05, 0.1) is 17.6 Å². The van der Waals surface area contributed by atoms with E-state index in [-0.39, 0.29) is 22.3 Å². The van der Waals surface area contributed by atoms with E-state index in [2.05, 4.69) is 0 Å². The van der Waals surface area contributed by atoms with E-state index in [1.165, 1.54) is 0 Å². The van der Waals surface area contributed by atoms with E-state index in [1.807, 2.05) is 19.1 Å². The van der Waals surface area contributed by atoms with Crippen LogP contribution in [0.4, 0.5) is 0 Å².